The summed E-state index contributed by atoms with van der Waals surface area (Å²) >= 11 is 1.81. The van der Waals surface area contributed by atoms with Crippen LogP contribution in [0, 0.1) is 5.41 Å². The summed E-state index contributed by atoms with van der Waals surface area (Å²) in [7, 11) is 0. The Hall–Kier alpha value is -1.35. The second-order valence-electron chi connectivity index (χ2n) is 7.61. The van der Waals surface area contributed by atoms with Crippen molar-refractivity contribution in [3.8, 4) is 0 Å². The summed E-state index contributed by atoms with van der Waals surface area (Å²) in [5.41, 5.74) is 2.33. The number of Topliss-reactive ketones (excluding diaryl/α,β-unsaturated/α-hetero) is 1. The van der Waals surface area contributed by atoms with Gasteiger partial charge in [-0.1, -0.05) is 33.8 Å². The Morgan fingerprint density at radius 1 is 1.29 bits per heavy atom. The van der Waals surface area contributed by atoms with Crippen molar-refractivity contribution in [2.24, 2.45) is 5.41 Å². The van der Waals surface area contributed by atoms with E-state index in [9.17, 15) is 4.79 Å². The third-order valence-corrected chi connectivity index (χ3v) is 5.65. The highest BCUT2D eigenvalue weighted by atomic mass is 32.1. The fourth-order valence-corrected chi connectivity index (χ4v) is 4.16. The average molecular weight is 301 g/mol. The number of aromatic nitrogens is 1. The molecular weight excluding hydrogens is 278 g/mol. The number of carbonyl (C=O) groups excluding carboxylic acids is 1. The Morgan fingerprint density at radius 2 is 2.05 bits per heavy atom. The van der Waals surface area contributed by atoms with Crippen LogP contribution in [0.15, 0.2) is 29.8 Å². The Morgan fingerprint density at radius 3 is 2.71 bits per heavy atom. The molecule has 0 bridgehead atoms. The van der Waals surface area contributed by atoms with Gasteiger partial charge in [0.15, 0.2) is 5.78 Å². The van der Waals surface area contributed by atoms with E-state index in [1.807, 2.05) is 17.4 Å². The van der Waals surface area contributed by atoms with Crippen LogP contribution in [-0.2, 0) is 18.4 Å². The summed E-state index contributed by atoms with van der Waals surface area (Å²) in [5, 5.41) is 2.13. The van der Waals surface area contributed by atoms with Gasteiger partial charge in [-0.3, -0.25) is 4.79 Å². The fourth-order valence-electron chi connectivity index (χ4n) is 3.32. The monoisotopic (exact) mass is 301 g/mol. The zero-order chi connectivity index (χ0) is 15.3. The molecule has 0 atom stereocenters. The highest BCUT2D eigenvalue weighted by Crippen LogP contribution is 2.37. The Labute approximate surface area is 130 Å². The summed E-state index contributed by atoms with van der Waals surface area (Å²) in [4.78, 5) is 13.7. The number of carbonyl (C=O) groups is 1. The molecule has 21 heavy (non-hydrogen) atoms. The minimum Gasteiger partial charge on any atom is -0.350 e. The van der Waals surface area contributed by atoms with Gasteiger partial charge in [-0.25, -0.2) is 0 Å². The molecule has 0 saturated heterocycles. The lowest BCUT2D eigenvalue weighted by Gasteiger charge is -2.32. The maximum absolute atomic E-state index is 12.3. The van der Waals surface area contributed by atoms with E-state index in [-0.39, 0.29) is 10.8 Å². The molecule has 112 valence electrons. The van der Waals surface area contributed by atoms with E-state index in [1.165, 1.54) is 10.6 Å². The zero-order valence-electron chi connectivity index (χ0n) is 13.3. The SMILES string of the molecule is CC1(C)CC(=O)c2ccn(CC(C)(C)c3cccs3)c2C1. The molecule has 1 aliphatic rings. The molecule has 1 aliphatic carbocycles. The van der Waals surface area contributed by atoms with Gasteiger partial charge < -0.3 is 4.57 Å². The lowest BCUT2D eigenvalue weighted by Crippen LogP contribution is -2.30. The largest absolute Gasteiger partial charge is 0.350 e. The predicted octanol–water partition coefficient (Wildman–Crippen LogP) is 4.68. The van der Waals surface area contributed by atoms with E-state index in [0.29, 0.717) is 12.2 Å². The van der Waals surface area contributed by atoms with Crippen LogP contribution >= 0.6 is 11.3 Å². The highest BCUT2D eigenvalue weighted by molar-refractivity contribution is 7.10. The first-order chi connectivity index (χ1) is 9.78. The molecule has 0 aliphatic heterocycles. The molecule has 0 spiro atoms. The van der Waals surface area contributed by atoms with Crippen molar-refractivity contribution in [2.75, 3.05) is 0 Å². The Balaban J connectivity index is 1.94. The molecule has 2 aromatic heterocycles. The molecule has 0 saturated carbocycles. The summed E-state index contributed by atoms with van der Waals surface area (Å²) in [6.45, 7) is 9.86. The first kappa shape index (κ1) is 14.6. The number of nitrogens with zero attached hydrogens (tertiary/aromatic N) is 1. The van der Waals surface area contributed by atoms with Crippen LogP contribution in [-0.4, -0.2) is 10.4 Å². The van der Waals surface area contributed by atoms with Gasteiger partial charge >= 0.3 is 0 Å². The average Bonchev–Trinajstić information content (AvgIpc) is 2.98. The molecule has 0 amide bonds. The van der Waals surface area contributed by atoms with Crippen molar-refractivity contribution in [3.05, 3.63) is 45.9 Å². The van der Waals surface area contributed by atoms with Crippen molar-refractivity contribution >= 4 is 17.1 Å². The van der Waals surface area contributed by atoms with Crippen molar-refractivity contribution in [1.29, 1.82) is 0 Å². The molecular formula is C18H23NOS. The fraction of sp³-hybridized carbons (Fsp3) is 0.500. The van der Waals surface area contributed by atoms with Crippen LogP contribution in [0.5, 0.6) is 0 Å². The maximum Gasteiger partial charge on any atom is 0.165 e. The number of ketones is 1. The lowest BCUT2D eigenvalue weighted by atomic mass is 9.76. The van der Waals surface area contributed by atoms with E-state index < -0.39 is 0 Å². The molecule has 2 heterocycles. The standard InChI is InChI=1S/C18H23NOS/c1-17(2)10-14-13(15(20)11-17)7-8-19(14)12-18(3,4)16-6-5-9-21-16/h5-9H,10-12H2,1-4H3. The molecule has 2 nitrogen and oxygen atoms in total. The number of thiophene rings is 1. The molecule has 0 unspecified atom stereocenters. The maximum atomic E-state index is 12.3. The lowest BCUT2D eigenvalue weighted by molar-refractivity contribution is 0.0909. The van der Waals surface area contributed by atoms with Crippen LogP contribution in [0.4, 0.5) is 0 Å². The number of hydrogen-bond acceptors (Lipinski definition) is 2. The van der Waals surface area contributed by atoms with Crippen LogP contribution in [0.1, 0.15) is 55.0 Å². The normalized spacial score (nSPS) is 17.8. The smallest absolute Gasteiger partial charge is 0.165 e. The third kappa shape index (κ3) is 2.71. The van der Waals surface area contributed by atoms with Gasteiger partial charge in [-0.15, -0.1) is 11.3 Å². The second kappa shape index (κ2) is 4.84. The molecule has 2 aromatic rings. The van der Waals surface area contributed by atoms with Gasteiger partial charge in [-0.05, 0) is 29.3 Å². The number of rotatable bonds is 3. The van der Waals surface area contributed by atoms with Gasteiger partial charge in [-0.2, -0.15) is 0 Å². The van der Waals surface area contributed by atoms with Crippen molar-refractivity contribution < 1.29 is 4.79 Å². The van der Waals surface area contributed by atoms with Gasteiger partial charge in [0, 0.05) is 40.7 Å². The van der Waals surface area contributed by atoms with Crippen molar-refractivity contribution in [2.45, 2.75) is 52.5 Å². The van der Waals surface area contributed by atoms with Gasteiger partial charge in [0.2, 0.25) is 0 Å². The second-order valence-corrected chi connectivity index (χ2v) is 8.55. The van der Waals surface area contributed by atoms with E-state index in [2.05, 4.69) is 56.0 Å². The third-order valence-electron chi connectivity index (χ3n) is 4.42. The van der Waals surface area contributed by atoms with Gasteiger partial charge in [0.1, 0.15) is 0 Å². The Kier molecular flexibility index (Phi) is 3.36. The number of fused-ring (bicyclic) bond motifs is 1. The summed E-state index contributed by atoms with van der Waals surface area (Å²) in [6.07, 6.45) is 3.75. The van der Waals surface area contributed by atoms with Crippen LogP contribution in [0.3, 0.4) is 0 Å². The number of hydrogen-bond donors (Lipinski definition) is 0. The van der Waals surface area contributed by atoms with Gasteiger partial charge in [0.25, 0.3) is 0 Å². The van der Waals surface area contributed by atoms with E-state index in [0.717, 1.165) is 18.5 Å². The minimum atomic E-state index is 0.0766. The summed E-state index contributed by atoms with van der Waals surface area (Å²) < 4.78 is 2.30. The molecule has 0 N–H and O–H groups in total. The van der Waals surface area contributed by atoms with E-state index >= 15 is 0 Å². The molecule has 0 aromatic carbocycles. The first-order valence-electron chi connectivity index (χ1n) is 7.54. The summed E-state index contributed by atoms with van der Waals surface area (Å²) in [6, 6.07) is 6.33. The topological polar surface area (TPSA) is 22.0 Å². The minimum absolute atomic E-state index is 0.0766. The van der Waals surface area contributed by atoms with Gasteiger partial charge in [0.05, 0.1) is 0 Å². The first-order valence-corrected chi connectivity index (χ1v) is 8.42. The van der Waals surface area contributed by atoms with E-state index in [4.69, 9.17) is 0 Å². The summed E-state index contributed by atoms with van der Waals surface area (Å²) in [5.74, 6) is 0.300. The Bertz CT molecular complexity index is 661. The highest BCUT2D eigenvalue weighted by Gasteiger charge is 2.34. The quantitative estimate of drug-likeness (QED) is 0.806. The van der Waals surface area contributed by atoms with Crippen LogP contribution in [0.2, 0.25) is 0 Å². The van der Waals surface area contributed by atoms with Crippen molar-refractivity contribution in [1.82, 2.24) is 4.57 Å². The molecule has 3 rings (SSSR count). The molecule has 0 radical (unpaired) electrons. The predicted molar refractivity (Wildman–Crippen MR) is 88.2 cm³/mol. The molecule has 3 heteroatoms. The molecule has 0 fully saturated rings. The zero-order valence-corrected chi connectivity index (χ0v) is 14.1. The van der Waals surface area contributed by atoms with Crippen LogP contribution < -0.4 is 0 Å². The van der Waals surface area contributed by atoms with E-state index in [1.54, 1.807) is 0 Å². The van der Waals surface area contributed by atoms with Crippen LogP contribution in [0.25, 0.3) is 0 Å². The van der Waals surface area contributed by atoms with Crippen molar-refractivity contribution in [3.63, 3.8) is 0 Å².